The average molecular weight is 284 g/mol. The summed E-state index contributed by atoms with van der Waals surface area (Å²) in [5.74, 6) is 0. The number of isocyanates is 2. The molecular formula is C15H16N4O2. The molecule has 0 aromatic heterocycles. The van der Waals surface area contributed by atoms with Gasteiger partial charge < -0.3 is 11.5 Å². The van der Waals surface area contributed by atoms with E-state index in [1.54, 1.807) is 0 Å². The largest absolute Gasteiger partial charge is 0.399 e. The predicted molar refractivity (Wildman–Crippen MR) is 81.3 cm³/mol. The first-order valence-electron chi connectivity index (χ1n) is 5.84. The summed E-state index contributed by atoms with van der Waals surface area (Å²) in [5, 5.41) is 10.8. The summed E-state index contributed by atoms with van der Waals surface area (Å²) >= 11 is 0. The van der Waals surface area contributed by atoms with Gasteiger partial charge in [-0.3, -0.25) is 0 Å². The van der Waals surface area contributed by atoms with E-state index < -0.39 is 0 Å². The second-order valence-electron chi connectivity index (χ2n) is 3.86. The monoisotopic (exact) mass is 284 g/mol. The lowest BCUT2D eigenvalue weighted by Crippen LogP contribution is -1.90. The van der Waals surface area contributed by atoms with Gasteiger partial charge in [-0.05, 0) is 41.8 Å². The van der Waals surface area contributed by atoms with Crippen molar-refractivity contribution in [1.29, 1.82) is 10.8 Å². The van der Waals surface area contributed by atoms with Gasteiger partial charge in [0, 0.05) is 11.4 Å². The molecular weight excluding hydrogens is 268 g/mol. The minimum absolute atomic E-state index is 0.750. The van der Waals surface area contributed by atoms with Gasteiger partial charge in [0.05, 0.1) is 0 Å². The Morgan fingerprint density at radius 1 is 0.714 bits per heavy atom. The van der Waals surface area contributed by atoms with E-state index in [2.05, 4.69) is 0 Å². The maximum absolute atomic E-state index is 8.35. The number of carbonyl (C=O) groups excluding carboxylic acids is 2. The summed E-state index contributed by atoms with van der Waals surface area (Å²) in [5.41, 5.74) is 15.4. The van der Waals surface area contributed by atoms with E-state index in [0.717, 1.165) is 30.0 Å². The van der Waals surface area contributed by atoms with Crippen LogP contribution in [0.1, 0.15) is 11.1 Å². The molecule has 0 atom stereocenters. The van der Waals surface area contributed by atoms with Gasteiger partial charge in [-0.25, -0.2) is 20.4 Å². The quantitative estimate of drug-likeness (QED) is 0.382. The van der Waals surface area contributed by atoms with E-state index in [1.807, 2.05) is 48.5 Å². The van der Waals surface area contributed by atoms with E-state index >= 15 is 0 Å². The van der Waals surface area contributed by atoms with E-state index in [4.69, 9.17) is 31.9 Å². The fraction of sp³-hybridized carbons (Fsp3) is 0.0667. The molecule has 6 N–H and O–H groups in total. The number of nitrogen functional groups attached to an aromatic ring is 2. The van der Waals surface area contributed by atoms with Gasteiger partial charge in [0.1, 0.15) is 0 Å². The molecule has 6 heteroatoms. The lowest BCUT2D eigenvalue weighted by molar-refractivity contribution is 0.562. The standard InChI is InChI=1S/C13H14N2.2CHNO/c14-12-5-1-10(2-6-12)9-11-3-7-13(15)8-4-11;2*2-1-3/h1-8H,9,14-15H2;2*2H. The number of hydrogen-bond donors (Lipinski definition) is 4. The van der Waals surface area contributed by atoms with Crippen LogP contribution < -0.4 is 11.5 Å². The highest BCUT2D eigenvalue weighted by Crippen LogP contribution is 2.13. The normalized spacial score (nSPS) is 8.00. The minimum atomic E-state index is 0.750. The number of hydrogen-bond acceptors (Lipinski definition) is 6. The molecule has 21 heavy (non-hydrogen) atoms. The molecule has 2 aromatic carbocycles. The second-order valence-corrected chi connectivity index (χ2v) is 3.86. The molecule has 108 valence electrons. The van der Waals surface area contributed by atoms with Gasteiger partial charge in [-0.15, -0.1) is 0 Å². The molecule has 0 aliphatic rings. The van der Waals surface area contributed by atoms with Gasteiger partial charge >= 0.3 is 0 Å². The number of benzene rings is 2. The highest BCUT2D eigenvalue weighted by Gasteiger charge is 1.95. The molecule has 0 unspecified atom stereocenters. The lowest BCUT2D eigenvalue weighted by Gasteiger charge is -2.02. The van der Waals surface area contributed by atoms with Crippen LogP contribution in [-0.4, -0.2) is 12.2 Å². The zero-order valence-electron chi connectivity index (χ0n) is 11.3. The van der Waals surface area contributed by atoms with Crippen molar-refractivity contribution in [3.63, 3.8) is 0 Å². The van der Waals surface area contributed by atoms with Crippen LogP contribution in [0.2, 0.25) is 0 Å². The van der Waals surface area contributed by atoms with Crippen LogP contribution in [0.4, 0.5) is 11.4 Å². The molecule has 0 heterocycles. The van der Waals surface area contributed by atoms with Crippen molar-refractivity contribution in [3.05, 3.63) is 59.7 Å². The third-order valence-electron chi connectivity index (χ3n) is 2.37. The molecule has 0 radical (unpaired) electrons. The molecule has 0 amide bonds. The molecule has 0 saturated carbocycles. The van der Waals surface area contributed by atoms with Crippen molar-refractivity contribution in [2.24, 2.45) is 0 Å². The van der Waals surface area contributed by atoms with Gasteiger partial charge in [-0.2, -0.15) is 0 Å². The van der Waals surface area contributed by atoms with Crippen LogP contribution in [0.3, 0.4) is 0 Å². The smallest absolute Gasteiger partial charge is 0.231 e. The van der Waals surface area contributed by atoms with Crippen LogP contribution >= 0.6 is 0 Å². The maximum atomic E-state index is 8.35. The van der Waals surface area contributed by atoms with Gasteiger partial charge in [0.25, 0.3) is 0 Å². The number of nitrogens with two attached hydrogens (primary N) is 2. The highest BCUT2D eigenvalue weighted by atomic mass is 16.1. The van der Waals surface area contributed by atoms with Crippen molar-refractivity contribution in [2.45, 2.75) is 6.42 Å². The van der Waals surface area contributed by atoms with Gasteiger partial charge in [-0.1, -0.05) is 24.3 Å². The number of nitrogens with one attached hydrogen (secondary N) is 2. The van der Waals surface area contributed by atoms with Crippen LogP contribution in [0, 0.1) is 10.8 Å². The summed E-state index contributed by atoms with van der Waals surface area (Å²) in [6.07, 6.45) is 2.42. The Kier molecular flexibility index (Phi) is 9.07. The fourth-order valence-corrected chi connectivity index (χ4v) is 1.51. The van der Waals surface area contributed by atoms with Crippen molar-refractivity contribution < 1.29 is 9.59 Å². The Morgan fingerprint density at radius 2 is 0.952 bits per heavy atom. The summed E-state index contributed by atoms with van der Waals surface area (Å²) in [6, 6.07) is 15.9. The molecule has 0 aliphatic heterocycles. The first-order chi connectivity index (χ1) is 10.1. The summed E-state index contributed by atoms with van der Waals surface area (Å²) in [4.78, 5) is 16.7. The SMILES string of the molecule is N=C=O.N=C=O.Nc1ccc(Cc2ccc(N)cc2)cc1. The van der Waals surface area contributed by atoms with E-state index in [1.165, 1.54) is 11.1 Å². The van der Waals surface area contributed by atoms with E-state index in [9.17, 15) is 0 Å². The summed E-state index contributed by atoms with van der Waals surface area (Å²) < 4.78 is 0. The molecule has 0 aliphatic carbocycles. The minimum Gasteiger partial charge on any atom is -0.399 e. The molecule has 0 spiro atoms. The van der Waals surface area contributed by atoms with E-state index in [0.29, 0.717) is 0 Å². The van der Waals surface area contributed by atoms with Gasteiger partial charge in [0.2, 0.25) is 12.2 Å². The first kappa shape index (κ1) is 17.8. The molecule has 0 saturated heterocycles. The molecule has 6 nitrogen and oxygen atoms in total. The summed E-state index contributed by atoms with van der Waals surface area (Å²) in [6.45, 7) is 0. The summed E-state index contributed by atoms with van der Waals surface area (Å²) in [7, 11) is 0. The Hall–Kier alpha value is -3.20. The average Bonchev–Trinajstić information content (AvgIpc) is 2.46. The van der Waals surface area contributed by atoms with Crippen LogP contribution in [0.15, 0.2) is 48.5 Å². The Labute approximate surface area is 122 Å². The zero-order valence-corrected chi connectivity index (χ0v) is 11.3. The predicted octanol–water partition coefficient (Wildman–Crippen LogP) is 2.24. The van der Waals surface area contributed by atoms with Crippen LogP contribution in [0.25, 0.3) is 0 Å². The third kappa shape index (κ3) is 8.51. The second kappa shape index (κ2) is 10.7. The topological polar surface area (TPSA) is 134 Å². The first-order valence-corrected chi connectivity index (χ1v) is 5.84. The van der Waals surface area contributed by atoms with Crippen molar-refractivity contribution in [3.8, 4) is 0 Å². The lowest BCUT2D eigenvalue weighted by atomic mass is 10.0. The molecule has 0 fully saturated rings. The fourth-order valence-electron chi connectivity index (χ4n) is 1.51. The molecule has 2 rings (SSSR count). The van der Waals surface area contributed by atoms with E-state index in [-0.39, 0.29) is 0 Å². The van der Waals surface area contributed by atoms with Crippen molar-refractivity contribution >= 4 is 23.5 Å². The van der Waals surface area contributed by atoms with Crippen molar-refractivity contribution in [1.82, 2.24) is 0 Å². The number of rotatable bonds is 2. The number of anilines is 2. The third-order valence-corrected chi connectivity index (χ3v) is 2.37. The maximum Gasteiger partial charge on any atom is 0.231 e. The van der Waals surface area contributed by atoms with Gasteiger partial charge in [0.15, 0.2) is 0 Å². The highest BCUT2D eigenvalue weighted by molar-refractivity contribution is 5.43. The Balaban J connectivity index is 0.000000578. The Morgan fingerprint density at radius 3 is 1.19 bits per heavy atom. The Bertz CT molecular complexity index is 539. The van der Waals surface area contributed by atoms with Crippen LogP contribution in [-0.2, 0) is 16.0 Å². The van der Waals surface area contributed by atoms with Crippen molar-refractivity contribution in [2.75, 3.05) is 11.5 Å². The van der Waals surface area contributed by atoms with Crippen LogP contribution in [0.5, 0.6) is 0 Å². The molecule has 2 aromatic rings. The molecule has 0 bridgehead atoms. The zero-order chi connectivity index (χ0) is 16.1.